The van der Waals surface area contributed by atoms with Gasteiger partial charge in [-0.05, 0) is 19.3 Å². The molecular weight excluding hydrogens is 130 g/mol. The zero-order valence-corrected chi connectivity index (χ0v) is 5.58. The van der Waals surface area contributed by atoms with E-state index < -0.39 is 0 Å². The lowest BCUT2D eigenvalue weighted by Crippen LogP contribution is -2.21. The van der Waals surface area contributed by atoms with Crippen LogP contribution in [0.4, 0.5) is 0 Å². The minimum atomic E-state index is 0.0822. The first-order valence-corrected chi connectivity index (χ1v) is 3.59. The van der Waals surface area contributed by atoms with Gasteiger partial charge in [-0.3, -0.25) is 4.79 Å². The Morgan fingerprint density at radius 3 is 2.50 bits per heavy atom. The van der Waals surface area contributed by atoms with Gasteiger partial charge in [-0.15, -0.1) is 0 Å². The first kappa shape index (κ1) is 5.89. The largest absolute Gasteiger partial charge is 0.411 e. The van der Waals surface area contributed by atoms with E-state index in [4.69, 9.17) is 5.21 Å². The van der Waals surface area contributed by atoms with E-state index in [0.29, 0.717) is 5.71 Å². The lowest BCUT2D eigenvalue weighted by molar-refractivity contribution is -0.115. The van der Waals surface area contributed by atoms with E-state index in [1.54, 1.807) is 0 Å². The minimum Gasteiger partial charge on any atom is -0.411 e. The van der Waals surface area contributed by atoms with Crippen LogP contribution < -0.4 is 0 Å². The van der Waals surface area contributed by atoms with Gasteiger partial charge in [0, 0.05) is 11.8 Å². The average molecular weight is 139 g/mol. The fourth-order valence-corrected chi connectivity index (χ4v) is 2.01. The molecule has 2 aliphatic rings. The van der Waals surface area contributed by atoms with Crippen LogP contribution in [0.25, 0.3) is 0 Å². The second-order valence-electron chi connectivity index (χ2n) is 3.06. The van der Waals surface area contributed by atoms with Crippen molar-refractivity contribution in [1.29, 1.82) is 0 Å². The Balaban J connectivity index is 2.33. The number of Topliss-reactive ketones (excluding diaryl/α,β-unsaturated/α-hetero) is 1. The summed E-state index contributed by atoms with van der Waals surface area (Å²) in [7, 11) is 0. The highest BCUT2D eigenvalue weighted by atomic mass is 16.4. The third-order valence-corrected chi connectivity index (χ3v) is 2.55. The molecule has 54 valence electrons. The van der Waals surface area contributed by atoms with Gasteiger partial charge in [-0.25, -0.2) is 0 Å². The fourth-order valence-electron chi connectivity index (χ4n) is 2.01. The van der Waals surface area contributed by atoms with Crippen LogP contribution in [0, 0.1) is 11.8 Å². The van der Waals surface area contributed by atoms with Crippen LogP contribution in [0.1, 0.15) is 19.3 Å². The standard InChI is InChI=1S/C7H9NO2/c9-7-5-2-1-4(3-5)6(7)8-10/h4-5,10H,1-3H2/b8-6+/t4-,5+/m1/s1. The van der Waals surface area contributed by atoms with Gasteiger partial charge in [0.25, 0.3) is 0 Å². The highest BCUT2D eigenvalue weighted by molar-refractivity contribution is 6.43. The summed E-state index contributed by atoms with van der Waals surface area (Å²) >= 11 is 0. The molecule has 2 rings (SSSR count). The van der Waals surface area contributed by atoms with Crippen LogP contribution in [0.2, 0.25) is 0 Å². The van der Waals surface area contributed by atoms with Crippen LogP contribution >= 0.6 is 0 Å². The Morgan fingerprint density at radius 1 is 1.40 bits per heavy atom. The van der Waals surface area contributed by atoms with Gasteiger partial charge in [0.2, 0.25) is 0 Å². The number of rotatable bonds is 0. The van der Waals surface area contributed by atoms with Crippen molar-refractivity contribution in [2.75, 3.05) is 0 Å². The fraction of sp³-hybridized carbons (Fsp3) is 0.714. The molecule has 10 heavy (non-hydrogen) atoms. The quantitative estimate of drug-likeness (QED) is 0.399. The van der Waals surface area contributed by atoms with Crippen molar-refractivity contribution in [3.8, 4) is 0 Å². The molecule has 0 spiro atoms. The van der Waals surface area contributed by atoms with Crippen LogP contribution in [0.5, 0.6) is 0 Å². The summed E-state index contributed by atoms with van der Waals surface area (Å²) in [5, 5.41) is 11.4. The minimum absolute atomic E-state index is 0.0822. The third-order valence-electron chi connectivity index (χ3n) is 2.55. The zero-order valence-electron chi connectivity index (χ0n) is 5.58. The summed E-state index contributed by atoms with van der Waals surface area (Å²) in [6.45, 7) is 0. The van der Waals surface area contributed by atoms with E-state index in [9.17, 15) is 4.79 Å². The van der Waals surface area contributed by atoms with E-state index >= 15 is 0 Å². The SMILES string of the molecule is O=C1/C(=N/O)[C@@H]2CC[C@H]1C2. The van der Waals surface area contributed by atoms with Gasteiger partial charge in [0.05, 0.1) is 0 Å². The Hall–Kier alpha value is -0.860. The molecule has 0 heterocycles. The van der Waals surface area contributed by atoms with Crippen LogP contribution in [0.15, 0.2) is 5.16 Å². The number of carbonyl (C=O) groups excluding carboxylic acids is 1. The lowest BCUT2D eigenvalue weighted by Gasteiger charge is -2.07. The van der Waals surface area contributed by atoms with E-state index in [2.05, 4.69) is 5.16 Å². The van der Waals surface area contributed by atoms with E-state index in [1.165, 1.54) is 0 Å². The number of fused-ring (bicyclic) bond motifs is 2. The molecule has 0 radical (unpaired) electrons. The average Bonchev–Trinajstić information content (AvgIpc) is 2.46. The summed E-state index contributed by atoms with van der Waals surface area (Å²) in [5.41, 5.74) is 0.427. The predicted molar refractivity (Wildman–Crippen MR) is 35.1 cm³/mol. The molecule has 1 N–H and O–H groups in total. The number of nitrogens with zero attached hydrogens (tertiary/aromatic N) is 1. The Bertz CT molecular complexity index is 210. The van der Waals surface area contributed by atoms with Gasteiger partial charge in [0.1, 0.15) is 5.71 Å². The van der Waals surface area contributed by atoms with Gasteiger partial charge in [-0.1, -0.05) is 5.16 Å². The second kappa shape index (κ2) is 1.81. The van der Waals surface area contributed by atoms with Crippen molar-refractivity contribution in [3.05, 3.63) is 0 Å². The number of hydrogen-bond donors (Lipinski definition) is 1. The molecule has 0 aromatic rings. The van der Waals surface area contributed by atoms with Crippen molar-refractivity contribution in [2.45, 2.75) is 19.3 Å². The van der Waals surface area contributed by atoms with Crippen LogP contribution in [0.3, 0.4) is 0 Å². The maximum Gasteiger partial charge on any atom is 0.183 e. The molecule has 0 saturated heterocycles. The van der Waals surface area contributed by atoms with Gasteiger partial charge in [-0.2, -0.15) is 0 Å². The van der Waals surface area contributed by atoms with E-state index in [-0.39, 0.29) is 17.6 Å². The molecular formula is C7H9NO2. The molecule has 0 aromatic carbocycles. The number of hydrogen-bond acceptors (Lipinski definition) is 3. The first-order chi connectivity index (χ1) is 4.83. The van der Waals surface area contributed by atoms with Gasteiger partial charge >= 0.3 is 0 Å². The molecule has 3 nitrogen and oxygen atoms in total. The first-order valence-electron chi connectivity index (χ1n) is 3.59. The monoisotopic (exact) mass is 139 g/mol. The van der Waals surface area contributed by atoms with Gasteiger partial charge in [0.15, 0.2) is 5.78 Å². The molecule has 2 saturated carbocycles. The van der Waals surface area contributed by atoms with Crippen molar-refractivity contribution < 1.29 is 10.0 Å². The molecule has 0 unspecified atom stereocenters. The van der Waals surface area contributed by atoms with Crippen molar-refractivity contribution >= 4 is 11.5 Å². The van der Waals surface area contributed by atoms with Crippen molar-refractivity contribution in [1.82, 2.24) is 0 Å². The van der Waals surface area contributed by atoms with Crippen LogP contribution in [-0.4, -0.2) is 16.7 Å². The summed E-state index contributed by atoms with van der Waals surface area (Å²) in [6.07, 6.45) is 2.97. The molecule has 0 aliphatic heterocycles. The number of carbonyl (C=O) groups is 1. The molecule has 0 amide bonds. The Labute approximate surface area is 58.7 Å². The molecule has 2 bridgehead atoms. The molecule has 2 aliphatic carbocycles. The van der Waals surface area contributed by atoms with Gasteiger partial charge < -0.3 is 5.21 Å². The third kappa shape index (κ3) is 0.549. The molecule has 0 aromatic heterocycles. The van der Waals surface area contributed by atoms with Crippen LogP contribution in [-0.2, 0) is 4.79 Å². The Kier molecular flexibility index (Phi) is 1.07. The van der Waals surface area contributed by atoms with E-state index in [1.807, 2.05) is 0 Å². The van der Waals surface area contributed by atoms with Crippen molar-refractivity contribution in [2.24, 2.45) is 17.0 Å². The maximum atomic E-state index is 11.1. The summed E-state index contributed by atoms with van der Waals surface area (Å²) in [6, 6.07) is 0. The highest BCUT2D eigenvalue weighted by Crippen LogP contribution is 2.40. The van der Waals surface area contributed by atoms with E-state index in [0.717, 1.165) is 19.3 Å². The summed E-state index contributed by atoms with van der Waals surface area (Å²) in [5.74, 6) is 0.553. The predicted octanol–water partition coefficient (Wildman–Crippen LogP) is 0.816. The highest BCUT2D eigenvalue weighted by Gasteiger charge is 2.44. The second-order valence-corrected chi connectivity index (χ2v) is 3.06. The lowest BCUT2D eigenvalue weighted by atomic mass is 9.97. The summed E-state index contributed by atoms with van der Waals surface area (Å²) in [4.78, 5) is 11.1. The smallest absolute Gasteiger partial charge is 0.183 e. The molecule has 2 atom stereocenters. The Morgan fingerprint density at radius 2 is 2.10 bits per heavy atom. The molecule has 3 heteroatoms. The normalized spacial score (nSPS) is 41.6. The number of ketones is 1. The summed E-state index contributed by atoms with van der Waals surface area (Å²) < 4.78 is 0. The topological polar surface area (TPSA) is 49.7 Å². The molecule has 2 fully saturated rings. The number of oxime groups is 1. The maximum absolute atomic E-state index is 11.1. The van der Waals surface area contributed by atoms with Crippen molar-refractivity contribution in [3.63, 3.8) is 0 Å². The zero-order chi connectivity index (χ0) is 7.14.